The van der Waals surface area contributed by atoms with Gasteiger partial charge in [-0.1, -0.05) is 6.07 Å². The van der Waals surface area contributed by atoms with Crippen LogP contribution in [0.2, 0.25) is 0 Å². The maximum Gasteiger partial charge on any atom is 0.413 e. The lowest BCUT2D eigenvalue weighted by atomic mass is 9.94. The summed E-state index contributed by atoms with van der Waals surface area (Å²) in [4.78, 5) is 37.3. The normalized spacial score (nSPS) is 17.2. The first-order valence-corrected chi connectivity index (χ1v) is 7.06. The van der Waals surface area contributed by atoms with Crippen molar-refractivity contribution in [1.29, 1.82) is 0 Å². The summed E-state index contributed by atoms with van der Waals surface area (Å²) in [6.45, 7) is 0. The maximum absolute atomic E-state index is 12.6. The van der Waals surface area contributed by atoms with Crippen LogP contribution in [0.15, 0.2) is 18.2 Å². The topological polar surface area (TPSA) is 72.9 Å². The number of hydrogen-bond acceptors (Lipinski definition) is 5. The van der Waals surface area contributed by atoms with Crippen molar-refractivity contribution in [3.63, 3.8) is 0 Å². The number of carbonyl (C=O) groups excluding carboxylic acids is 3. The molecular weight excluding hydrogens is 286 g/mol. The molecule has 0 bridgehead atoms. The smallest absolute Gasteiger partial charge is 0.413 e. The first kappa shape index (κ1) is 16.0. The van der Waals surface area contributed by atoms with Crippen LogP contribution in [-0.2, 0) is 20.7 Å². The monoisotopic (exact) mass is 305 g/mol. The zero-order valence-corrected chi connectivity index (χ0v) is 12.9. The summed E-state index contributed by atoms with van der Waals surface area (Å²) in [6, 6.07) is 5.22. The number of anilines is 1. The number of fused-ring (bicyclic) bond motifs is 1. The van der Waals surface area contributed by atoms with E-state index in [1.807, 2.05) is 6.07 Å². The molecule has 0 fully saturated rings. The van der Waals surface area contributed by atoms with Crippen LogP contribution < -0.4 is 4.90 Å². The predicted molar refractivity (Wildman–Crippen MR) is 80.0 cm³/mol. The molecule has 0 saturated carbocycles. The van der Waals surface area contributed by atoms with Crippen LogP contribution in [-0.4, -0.2) is 39.1 Å². The van der Waals surface area contributed by atoms with Gasteiger partial charge in [-0.15, -0.1) is 0 Å². The summed E-state index contributed by atoms with van der Waals surface area (Å²) in [7, 11) is 4.14. The number of nitrogens with zero attached hydrogens (tertiary/aromatic N) is 1. The quantitative estimate of drug-likeness (QED) is 0.476. The molecule has 0 aliphatic heterocycles. The Bertz CT molecular complexity index is 611. The van der Waals surface area contributed by atoms with Gasteiger partial charge in [0.05, 0.1) is 14.2 Å². The number of hydrogen-bond donors (Lipinski definition) is 0. The van der Waals surface area contributed by atoms with Gasteiger partial charge in [0.15, 0.2) is 5.78 Å². The molecule has 1 atom stereocenters. The third-order valence-corrected chi connectivity index (χ3v) is 3.94. The van der Waals surface area contributed by atoms with Crippen LogP contribution >= 0.6 is 0 Å². The first-order valence-electron chi connectivity index (χ1n) is 7.06. The van der Waals surface area contributed by atoms with Crippen molar-refractivity contribution < 1.29 is 23.9 Å². The average Bonchev–Trinajstić information content (AvgIpc) is 2.71. The van der Waals surface area contributed by atoms with Crippen molar-refractivity contribution in [3.05, 3.63) is 29.3 Å². The maximum atomic E-state index is 12.6. The second-order valence-corrected chi connectivity index (χ2v) is 5.20. The molecule has 22 heavy (non-hydrogen) atoms. The van der Waals surface area contributed by atoms with Gasteiger partial charge >= 0.3 is 12.1 Å². The second-order valence-electron chi connectivity index (χ2n) is 5.20. The van der Waals surface area contributed by atoms with E-state index in [9.17, 15) is 14.4 Å². The SMILES string of the molecule is COC(=O)C1CCCc2ccc(N(C)C(=O)OC)cc2C1=O. The van der Waals surface area contributed by atoms with E-state index in [0.717, 1.165) is 18.4 Å². The predicted octanol–water partition coefficient (Wildman–Crippen LogP) is 2.20. The molecule has 0 radical (unpaired) electrons. The number of rotatable bonds is 2. The number of Topliss-reactive ketones (excluding diaryl/α,β-unsaturated/α-hetero) is 1. The van der Waals surface area contributed by atoms with Crippen LogP contribution in [0, 0.1) is 5.92 Å². The van der Waals surface area contributed by atoms with Gasteiger partial charge in [0.25, 0.3) is 0 Å². The molecule has 118 valence electrons. The van der Waals surface area contributed by atoms with Crippen molar-refractivity contribution >= 4 is 23.5 Å². The minimum atomic E-state index is -0.773. The van der Waals surface area contributed by atoms with E-state index in [1.54, 1.807) is 19.2 Å². The standard InChI is InChI=1S/C16H19NO5/c1-17(16(20)22-3)11-8-7-10-5-4-6-12(15(19)21-2)14(18)13(10)9-11/h7-9,12H,4-6H2,1-3H3. The highest BCUT2D eigenvalue weighted by atomic mass is 16.5. The van der Waals surface area contributed by atoms with Gasteiger partial charge in [-0.05, 0) is 37.0 Å². The largest absolute Gasteiger partial charge is 0.468 e. The highest BCUT2D eigenvalue weighted by Crippen LogP contribution is 2.28. The summed E-state index contributed by atoms with van der Waals surface area (Å²) < 4.78 is 9.39. The summed E-state index contributed by atoms with van der Waals surface area (Å²) in [6.07, 6.45) is 1.41. The lowest BCUT2D eigenvalue weighted by Gasteiger charge is -2.18. The van der Waals surface area contributed by atoms with Crippen LogP contribution in [0.4, 0.5) is 10.5 Å². The van der Waals surface area contributed by atoms with Crippen molar-refractivity contribution in [2.75, 3.05) is 26.2 Å². The van der Waals surface area contributed by atoms with E-state index in [1.165, 1.54) is 19.1 Å². The number of aryl methyl sites for hydroxylation is 1. The number of esters is 1. The molecule has 0 spiro atoms. The first-order chi connectivity index (χ1) is 10.5. The van der Waals surface area contributed by atoms with Crippen molar-refractivity contribution in [3.8, 4) is 0 Å². The molecule has 1 aliphatic carbocycles. The van der Waals surface area contributed by atoms with Crippen molar-refractivity contribution in [1.82, 2.24) is 0 Å². The fourth-order valence-corrected chi connectivity index (χ4v) is 2.65. The fourth-order valence-electron chi connectivity index (χ4n) is 2.65. The van der Waals surface area contributed by atoms with Crippen LogP contribution in [0.3, 0.4) is 0 Å². The Labute approximate surface area is 129 Å². The number of ketones is 1. The third-order valence-electron chi connectivity index (χ3n) is 3.94. The molecular formula is C16H19NO5. The minimum Gasteiger partial charge on any atom is -0.468 e. The van der Waals surface area contributed by atoms with E-state index in [2.05, 4.69) is 4.74 Å². The molecule has 0 heterocycles. The average molecular weight is 305 g/mol. The molecule has 0 aromatic heterocycles. The Morgan fingerprint density at radius 1 is 1.23 bits per heavy atom. The molecule has 1 unspecified atom stereocenters. The number of amides is 1. The highest BCUT2D eigenvalue weighted by molar-refractivity contribution is 6.10. The van der Waals surface area contributed by atoms with E-state index >= 15 is 0 Å². The van der Waals surface area contributed by atoms with E-state index in [0.29, 0.717) is 17.7 Å². The molecule has 1 aliphatic rings. The molecule has 6 nitrogen and oxygen atoms in total. The summed E-state index contributed by atoms with van der Waals surface area (Å²) in [5.41, 5.74) is 1.91. The molecule has 1 amide bonds. The van der Waals surface area contributed by atoms with Gasteiger partial charge in [0.2, 0.25) is 0 Å². The van der Waals surface area contributed by atoms with Gasteiger partial charge in [-0.25, -0.2) is 4.79 Å². The van der Waals surface area contributed by atoms with Crippen LogP contribution in [0.1, 0.15) is 28.8 Å². The summed E-state index contributed by atoms with van der Waals surface area (Å²) >= 11 is 0. The molecule has 1 aromatic rings. The van der Waals surface area contributed by atoms with Gasteiger partial charge in [-0.3, -0.25) is 14.5 Å². The van der Waals surface area contributed by atoms with E-state index < -0.39 is 18.0 Å². The summed E-state index contributed by atoms with van der Waals surface area (Å²) in [5.74, 6) is -1.53. The Morgan fingerprint density at radius 2 is 1.95 bits per heavy atom. The zero-order chi connectivity index (χ0) is 16.3. The molecule has 2 rings (SSSR count). The molecule has 1 aromatic carbocycles. The lowest BCUT2D eigenvalue weighted by molar-refractivity contribution is -0.143. The van der Waals surface area contributed by atoms with Gasteiger partial charge in [0.1, 0.15) is 5.92 Å². The zero-order valence-electron chi connectivity index (χ0n) is 12.9. The minimum absolute atomic E-state index is 0.250. The summed E-state index contributed by atoms with van der Waals surface area (Å²) in [5, 5.41) is 0. The highest BCUT2D eigenvalue weighted by Gasteiger charge is 2.32. The van der Waals surface area contributed by atoms with Gasteiger partial charge in [-0.2, -0.15) is 0 Å². The Morgan fingerprint density at radius 3 is 2.59 bits per heavy atom. The Hall–Kier alpha value is -2.37. The number of ether oxygens (including phenoxy) is 2. The number of methoxy groups -OCH3 is 2. The van der Waals surface area contributed by atoms with Crippen LogP contribution in [0.25, 0.3) is 0 Å². The van der Waals surface area contributed by atoms with Crippen molar-refractivity contribution in [2.24, 2.45) is 5.92 Å². The third kappa shape index (κ3) is 2.95. The molecule has 0 N–H and O–H groups in total. The van der Waals surface area contributed by atoms with E-state index in [4.69, 9.17) is 4.74 Å². The number of benzene rings is 1. The Balaban J connectivity index is 2.40. The van der Waals surface area contributed by atoms with Crippen LogP contribution in [0.5, 0.6) is 0 Å². The van der Waals surface area contributed by atoms with Gasteiger partial charge in [0, 0.05) is 18.3 Å². The second kappa shape index (κ2) is 6.60. The Kier molecular flexibility index (Phi) is 4.80. The van der Waals surface area contributed by atoms with Gasteiger partial charge < -0.3 is 9.47 Å². The fraction of sp³-hybridized carbons (Fsp3) is 0.438. The van der Waals surface area contributed by atoms with Crippen molar-refractivity contribution in [2.45, 2.75) is 19.3 Å². The molecule has 6 heteroatoms. The molecule has 0 saturated heterocycles. The lowest BCUT2D eigenvalue weighted by Crippen LogP contribution is -2.27. The van der Waals surface area contributed by atoms with E-state index in [-0.39, 0.29) is 5.78 Å². The number of carbonyl (C=O) groups is 3.